The molecule has 5 heteroatoms. The van der Waals surface area contributed by atoms with Gasteiger partial charge >= 0.3 is 0 Å². The molecule has 5 nitrogen and oxygen atoms in total. The maximum atomic E-state index is 9.54. The number of hydrogen-bond acceptors (Lipinski definition) is 5. The molecule has 0 saturated heterocycles. The highest BCUT2D eigenvalue weighted by Gasteiger charge is 2.24. The monoisotopic (exact) mass is 290 g/mol. The second-order valence-corrected chi connectivity index (χ2v) is 5.33. The molecule has 122 valence electrons. The van der Waals surface area contributed by atoms with E-state index in [9.17, 15) is 5.11 Å². The average molecular weight is 290 g/mol. The van der Waals surface area contributed by atoms with Crippen molar-refractivity contribution in [3.05, 3.63) is 0 Å². The van der Waals surface area contributed by atoms with Gasteiger partial charge in [-0.1, -0.05) is 6.92 Å². The minimum atomic E-state index is -0.126. The number of rotatable bonds is 14. The fourth-order valence-electron chi connectivity index (χ4n) is 2.38. The summed E-state index contributed by atoms with van der Waals surface area (Å²) in [6.45, 7) is 6.91. The van der Waals surface area contributed by atoms with E-state index in [1.165, 1.54) is 0 Å². The second kappa shape index (κ2) is 12.5. The van der Waals surface area contributed by atoms with Crippen molar-refractivity contribution in [1.82, 2.24) is 10.2 Å². The van der Waals surface area contributed by atoms with E-state index in [1.807, 2.05) is 7.05 Å². The van der Waals surface area contributed by atoms with E-state index in [-0.39, 0.29) is 12.1 Å². The zero-order valence-electron chi connectivity index (χ0n) is 13.8. The van der Waals surface area contributed by atoms with Crippen LogP contribution in [-0.4, -0.2) is 76.3 Å². The van der Waals surface area contributed by atoms with Gasteiger partial charge in [-0.15, -0.1) is 0 Å². The number of nitrogens with one attached hydrogen (secondary N) is 1. The molecule has 20 heavy (non-hydrogen) atoms. The van der Waals surface area contributed by atoms with Gasteiger partial charge in [-0.3, -0.25) is 0 Å². The molecule has 0 aromatic heterocycles. The molecule has 2 N–H and O–H groups in total. The maximum absolute atomic E-state index is 9.54. The number of methoxy groups -OCH3 is 2. The zero-order valence-corrected chi connectivity index (χ0v) is 13.8. The number of aliphatic hydroxyl groups is 1. The Labute approximate surface area is 124 Å². The number of hydrogen-bond donors (Lipinski definition) is 2. The van der Waals surface area contributed by atoms with Crippen molar-refractivity contribution in [2.45, 2.75) is 38.1 Å². The van der Waals surface area contributed by atoms with Crippen molar-refractivity contribution in [1.29, 1.82) is 0 Å². The number of likely N-dealkylation sites (N-methyl/N-ethyl adjacent to an activating group) is 1. The van der Waals surface area contributed by atoms with E-state index in [0.29, 0.717) is 0 Å². The quantitative estimate of drug-likeness (QED) is 0.469. The van der Waals surface area contributed by atoms with Crippen LogP contribution in [0.4, 0.5) is 0 Å². The zero-order chi connectivity index (χ0) is 15.3. The van der Waals surface area contributed by atoms with Gasteiger partial charge in [-0.05, 0) is 39.3 Å². The highest BCUT2D eigenvalue weighted by Crippen LogP contribution is 2.16. The first-order valence-electron chi connectivity index (χ1n) is 7.68. The fraction of sp³-hybridized carbons (Fsp3) is 1.00. The highest BCUT2D eigenvalue weighted by atomic mass is 16.5. The summed E-state index contributed by atoms with van der Waals surface area (Å²) >= 11 is 0. The lowest BCUT2D eigenvalue weighted by Gasteiger charge is -2.31. The Morgan fingerprint density at radius 3 is 2.20 bits per heavy atom. The fourth-order valence-corrected chi connectivity index (χ4v) is 2.38. The number of aliphatic hydroxyl groups excluding tert-OH is 1. The summed E-state index contributed by atoms with van der Waals surface area (Å²) in [7, 11) is 5.41. The molecule has 0 fully saturated rings. The number of nitrogens with zero attached hydrogens (tertiary/aromatic N) is 1. The Hall–Kier alpha value is -0.200. The molecule has 0 heterocycles. The smallest absolute Gasteiger partial charge is 0.0613 e. The summed E-state index contributed by atoms with van der Waals surface area (Å²) in [5.41, 5.74) is -0.126. The summed E-state index contributed by atoms with van der Waals surface area (Å²) in [5, 5.41) is 12.8. The van der Waals surface area contributed by atoms with Gasteiger partial charge in [0, 0.05) is 39.5 Å². The Morgan fingerprint density at radius 2 is 1.70 bits per heavy atom. The lowest BCUT2D eigenvalue weighted by atomic mass is 9.91. The van der Waals surface area contributed by atoms with Gasteiger partial charge in [-0.25, -0.2) is 0 Å². The molecule has 0 aromatic rings. The Bertz CT molecular complexity index is 203. The predicted octanol–water partition coefficient (Wildman–Crippen LogP) is 1.11. The standard InChI is InChI=1S/C15H34N2O3/c1-5-15(14-18,16-2)8-6-9-17(11-13-20-4)10-7-12-19-3/h16,18H,5-14H2,1-4H3. The van der Waals surface area contributed by atoms with Crippen LogP contribution >= 0.6 is 0 Å². The van der Waals surface area contributed by atoms with Gasteiger partial charge in [0.15, 0.2) is 0 Å². The van der Waals surface area contributed by atoms with Crippen LogP contribution in [0.15, 0.2) is 0 Å². The van der Waals surface area contributed by atoms with Gasteiger partial charge < -0.3 is 24.8 Å². The van der Waals surface area contributed by atoms with Crippen LogP contribution in [0.1, 0.15) is 32.6 Å². The predicted molar refractivity (Wildman–Crippen MR) is 83.2 cm³/mol. The van der Waals surface area contributed by atoms with Gasteiger partial charge in [-0.2, -0.15) is 0 Å². The van der Waals surface area contributed by atoms with Crippen LogP contribution in [0.5, 0.6) is 0 Å². The molecular formula is C15H34N2O3. The minimum Gasteiger partial charge on any atom is -0.394 e. The van der Waals surface area contributed by atoms with Crippen molar-refractivity contribution in [2.24, 2.45) is 0 Å². The lowest BCUT2D eigenvalue weighted by Crippen LogP contribution is -2.46. The molecule has 0 spiro atoms. The summed E-state index contributed by atoms with van der Waals surface area (Å²) in [5.74, 6) is 0. The molecule has 0 amide bonds. The molecule has 0 aliphatic rings. The first kappa shape index (κ1) is 19.8. The van der Waals surface area contributed by atoms with E-state index >= 15 is 0 Å². The van der Waals surface area contributed by atoms with Crippen LogP contribution in [0, 0.1) is 0 Å². The van der Waals surface area contributed by atoms with E-state index < -0.39 is 0 Å². The van der Waals surface area contributed by atoms with Crippen LogP contribution < -0.4 is 5.32 Å². The van der Waals surface area contributed by atoms with Crippen LogP contribution in [0.25, 0.3) is 0 Å². The summed E-state index contributed by atoms with van der Waals surface area (Å²) in [6, 6.07) is 0. The molecule has 0 radical (unpaired) electrons. The van der Waals surface area contributed by atoms with Crippen molar-refractivity contribution in [3.8, 4) is 0 Å². The average Bonchev–Trinajstić information content (AvgIpc) is 2.49. The first-order chi connectivity index (χ1) is 9.67. The normalized spacial score (nSPS) is 14.7. The largest absolute Gasteiger partial charge is 0.394 e. The highest BCUT2D eigenvalue weighted by molar-refractivity contribution is 4.84. The van der Waals surface area contributed by atoms with Crippen LogP contribution in [-0.2, 0) is 9.47 Å². The van der Waals surface area contributed by atoms with Crippen molar-refractivity contribution >= 4 is 0 Å². The van der Waals surface area contributed by atoms with Gasteiger partial charge in [0.2, 0.25) is 0 Å². The van der Waals surface area contributed by atoms with Crippen molar-refractivity contribution in [3.63, 3.8) is 0 Å². The third kappa shape index (κ3) is 8.17. The van der Waals surface area contributed by atoms with Gasteiger partial charge in [0.25, 0.3) is 0 Å². The van der Waals surface area contributed by atoms with E-state index in [2.05, 4.69) is 17.1 Å². The summed E-state index contributed by atoms with van der Waals surface area (Å²) in [4.78, 5) is 2.41. The van der Waals surface area contributed by atoms with Crippen LogP contribution in [0.2, 0.25) is 0 Å². The van der Waals surface area contributed by atoms with Gasteiger partial charge in [0.05, 0.1) is 13.2 Å². The molecule has 0 rings (SSSR count). The Kier molecular flexibility index (Phi) is 12.4. The molecule has 0 bridgehead atoms. The molecule has 1 unspecified atom stereocenters. The molecule has 1 atom stereocenters. The third-order valence-corrected chi connectivity index (χ3v) is 4.07. The van der Waals surface area contributed by atoms with E-state index in [0.717, 1.165) is 58.5 Å². The molecule has 0 aromatic carbocycles. The van der Waals surface area contributed by atoms with Crippen LogP contribution in [0.3, 0.4) is 0 Å². The topological polar surface area (TPSA) is 54.0 Å². The number of ether oxygens (including phenoxy) is 2. The summed E-state index contributed by atoms with van der Waals surface area (Å²) in [6.07, 6.45) is 4.06. The lowest BCUT2D eigenvalue weighted by molar-refractivity contribution is 0.121. The second-order valence-electron chi connectivity index (χ2n) is 5.33. The Balaban J connectivity index is 4.09. The molecule has 0 aliphatic heterocycles. The van der Waals surface area contributed by atoms with Crippen molar-refractivity contribution < 1.29 is 14.6 Å². The maximum Gasteiger partial charge on any atom is 0.0613 e. The molecular weight excluding hydrogens is 256 g/mol. The molecule has 0 aliphatic carbocycles. The van der Waals surface area contributed by atoms with E-state index in [1.54, 1.807) is 14.2 Å². The van der Waals surface area contributed by atoms with E-state index in [4.69, 9.17) is 9.47 Å². The van der Waals surface area contributed by atoms with Gasteiger partial charge in [0.1, 0.15) is 0 Å². The minimum absolute atomic E-state index is 0.126. The molecule has 0 saturated carbocycles. The first-order valence-corrected chi connectivity index (χ1v) is 7.68. The third-order valence-electron chi connectivity index (χ3n) is 4.07. The SMILES string of the molecule is CCC(CO)(CCCN(CCCOC)CCOC)NC. The Morgan fingerprint density at radius 1 is 1.05 bits per heavy atom. The summed E-state index contributed by atoms with van der Waals surface area (Å²) < 4.78 is 10.3. The van der Waals surface area contributed by atoms with Crippen molar-refractivity contribution in [2.75, 3.05) is 60.7 Å².